The number of pyridine rings is 1. The van der Waals surface area contributed by atoms with E-state index < -0.39 is 23.5 Å². The maximum Gasteiger partial charge on any atom is 0.450 e. The molecule has 4 rings (SSSR count). The second-order valence-electron chi connectivity index (χ2n) is 5.99. The van der Waals surface area contributed by atoms with E-state index in [0.717, 1.165) is 16.8 Å². The van der Waals surface area contributed by atoms with Crippen molar-refractivity contribution < 1.29 is 22.0 Å². The Morgan fingerprint density at radius 1 is 1.07 bits per heavy atom. The molecule has 0 bridgehead atoms. The number of nitrogens with zero attached hydrogens (tertiary/aromatic N) is 4. The minimum Gasteiger partial charge on any atom is -0.276 e. The molecule has 0 atom stereocenters. The normalized spacial score (nSPS) is 13.0. The van der Waals surface area contributed by atoms with Crippen LogP contribution in [0.4, 0.5) is 22.0 Å². The van der Waals surface area contributed by atoms with Crippen LogP contribution >= 0.6 is 11.6 Å². The number of hydrogen-bond acceptors (Lipinski definition) is 3. The molecule has 1 N–H and O–H groups in total. The van der Waals surface area contributed by atoms with Crippen molar-refractivity contribution >= 4 is 33.7 Å². The second kappa shape index (κ2) is 5.62. The van der Waals surface area contributed by atoms with Gasteiger partial charge in [0, 0.05) is 24.1 Å². The van der Waals surface area contributed by atoms with Crippen molar-refractivity contribution in [1.29, 1.82) is 0 Å². The number of alkyl halides is 5. The van der Waals surface area contributed by atoms with Gasteiger partial charge in [-0.3, -0.25) is 9.67 Å². The average Bonchev–Trinajstić information content (AvgIpc) is 3.17. The number of aromatic nitrogens is 5. The summed E-state index contributed by atoms with van der Waals surface area (Å²) >= 11 is 6.12. The Morgan fingerprint density at radius 3 is 2.48 bits per heavy atom. The molecule has 0 unspecified atom stereocenters. The molecule has 4 aromatic rings. The molecular formula is C16H9ClF5N5. The lowest BCUT2D eigenvalue weighted by Gasteiger charge is -2.12. The van der Waals surface area contributed by atoms with Crippen LogP contribution in [0.1, 0.15) is 18.3 Å². The summed E-state index contributed by atoms with van der Waals surface area (Å²) in [5.41, 5.74) is -0.554. The van der Waals surface area contributed by atoms with Crippen LogP contribution in [0, 0.1) is 0 Å². The minimum absolute atomic E-state index is 0.0345. The topological polar surface area (TPSA) is 59.4 Å². The van der Waals surface area contributed by atoms with E-state index in [0.29, 0.717) is 17.8 Å². The van der Waals surface area contributed by atoms with Crippen LogP contribution < -0.4 is 0 Å². The maximum absolute atomic E-state index is 13.6. The summed E-state index contributed by atoms with van der Waals surface area (Å²) in [6.07, 6.45) is -2.60. The van der Waals surface area contributed by atoms with Crippen LogP contribution in [0.2, 0.25) is 5.02 Å². The molecule has 0 amide bonds. The van der Waals surface area contributed by atoms with Gasteiger partial charge in [0.05, 0.1) is 22.4 Å². The van der Waals surface area contributed by atoms with Gasteiger partial charge >= 0.3 is 6.18 Å². The molecule has 0 saturated carbocycles. The number of halogens is 6. The Labute approximate surface area is 152 Å². The van der Waals surface area contributed by atoms with E-state index in [9.17, 15) is 22.0 Å². The standard InChI is InChI=1S/C16H9ClF5N5/c1-15(18,19)8-3-11-13(23-6-8)27(14(25-11)16(20,21)22)9-2-7-5-24-26-12(7)10(17)4-9/h2-6H,1H3,(H,24,26). The van der Waals surface area contributed by atoms with Crippen LogP contribution in [-0.2, 0) is 12.1 Å². The van der Waals surface area contributed by atoms with E-state index in [2.05, 4.69) is 20.2 Å². The highest BCUT2D eigenvalue weighted by molar-refractivity contribution is 6.35. The Bertz CT molecular complexity index is 1170. The number of benzene rings is 1. The summed E-state index contributed by atoms with van der Waals surface area (Å²) in [4.78, 5) is 7.32. The van der Waals surface area contributed by atoms with Crippen molar-refractivity contribution in [3.8, 4) is 5.69 Å². The Balaban J connectivity index is 2.05. The smallest absolute Gasteiger partial charge is 0.276 e. The first-order chi connectivity index (χ1) is 12.6. The molecule has 11 heteroatoms. The lowest BCUT2D eigenvalue weighted by molar-refractivity contribution is -0.145. The predicted octanol–water partition coefficient (Wildman–Crippen LogP) is 5.08. The van der Waals surface area contributed by atoms with Gasteiger partial charge in [-0.25, -0.2) is 18.7 Å². The number of aromatic amines is 1. The third-order valence-corrected chi connectivity index (χ3v) is 4.30. The van der Waals surface area contributed by atoms with E-state index >= 15 is 0 Å². The number of nitrogens with one attached hydrogen (secondary N) is 1. The molecule has 3 heterocycles. The summed E-state index contributed by atoms with van der Waals surface area (Å²) in [6, 6.07) is 3.61. The molecule has 0 aliphatic rings. The van der Waals surface area contributed by atoms with Gasteiger partial charge in [-0.2, -0.15) is 18.3 Å². The first kappa shape index (κ1) is 17.7. The first-order valence-corrected chi connectivity index (χ1v) is 7.90. The first-order valence-electron chi connectivity index (χ1n) is 7.52. The highest BCUT2D eigenvalue weighted by Crippen LogP contribution is 2.36. The van der Waals surface area contributed by atoms with E-state index in [1.807, 2.05) is 0 Å². The van der Waals surface area contributed by atoms with E-state index in [-0.39, 0.29) is 21.9 Å². The molecule has 0 spiro atoms. The van der Waals surface area contributed by atoms with Crippen LogP contribution in [0.15, 0.2) is 30.6 Å². The van der Waals surface area contributed by atoms with Gasteiger partial charge in [0.1, 0.15) is 5.52 Å². The molecule has 1 aromatic carbocycles. The summed E-state index contributed by atoms with van der Waals surface area (Å²) in [5.74, 6) is -4.55. The highest BCUT2D eigenvalue weighted by Gasteiger charge is 2.39. The zero-order valence-electron chi connectivity index (χ0n) is 13.4. The fraction of sp³-hybridized carbons (Fsp3) is 0.188. The van der Waals surface area contributed by atoms with Gasteiger partial charge in [0.25, 0.3) is 5.92 Å². The van der Waals surface area contributed by atoms with Crippen LogP contribution in [0.5, 0.6) is 0 Å². The molecule has 140 valence electrons. The molecule has 0 saturated heterocycles. The van der Waals surface area contributed by atoms with Crippen molar-refractivity contribution in [2.24, 2.45) is 0 Å². The number of rotatable bonds is 2. The monoisotopic (exact) mass is 401 g/mol. The number of imidazole rings is 1. The summed E-state index contributed by atoms with van der Waals surface area (Å²) in [6.45, 7) is 0.629. The predicted molar refractivity (Wildman–Crippen MR) is 88.1 cm³/mol. The zero-order chi connectivity index (χ0) is 19.6. The number of fused-ring (bicyclic) bond motifs is 2. The lowest BCUT2D eigenvalue weighted by atomic mass is 10.1. The minimum atomic E-state index is -4.84. The van der Waals surface area contributed by atoms with Crippen LogP contribution in [0.25, 0.3) is 27.8 Å². The third kappa shape index (κ3) is 2.89. The SMILES string of the molecule is CC(F)(F)c1cnc2c(c1)nc(C(F)(F)F)n2-c1cc(Cl)c2[nH]ncc2c1. The lowest BCUT2D eigenvalue weighted by Crippen LogP contribution is -2.14. The molecule has 3 aromatic heterocycles. The quantitative estimate of drug-likeness (QED) is 0.476. The molecule has 0 aliphatic heterocycles. The van der Waals surface area contributed by atoms with Crippen molar-refractivity contribution in [1.82, 2.24) is 24.7 Å². The van der Waals surface area contributed by atoms with Crippen molar-refractivity contribution in [2.45, 2.75) is 19.0 Å². The van der Waals surface area contributed by atoms with Crippen molar-refractivity contribution in [2.75, 3.05) is 0 Å². The van der Waals surface area contributed by atoms with Gasteiger partial charge < -0.3 is 0 Å². The molecular weight excluding hydrogens is 393 g/mol. The van der Waals surface area contributed by atoms with E-state index in [1.165, 1.54) is 18.3 Å². The Kier molecular flexibility index (Phi) is 3.68. The van der Waals surface area contributed by atoms with Crippen LogP contribution in [-0.4, -0.2) is 24.7 Å². The van der Waals surface area contributed by atoms with Gasteiger partial charge in [-0.1, -0.05) is 11.6 Å². The Hall–Kier alpha value is -2.75. The maximum atomic E-state index is 13.6. The average molecular weight is 402 g/mol. The molecule has 27 heavy (non-hydrogen) atoms. The fourth-order valence-corrected chi connectivity index (χ4v) is 3.03. The molecule has 5 nitrogen and oxygen atoms in total. The fourth-order valence-electron chi connectivity index (χ4n) is 2.77. The summed E-state index contributed by atoms with van der Waals surface area (Å²) in [5, 5.41) is 7.06. The van der Waals surface area contributed by atoms with E-state index in [4.69, 9.17) is 11.6 Å². The van der Waals surface area contributed by atoms with Crippen molar-refractivity contribution in [3.05, 3.63) is 47.0 Å². The molecule has 0 aliphatic carbocycles. The Morgan fingerprint density at radius 2 is 1.81 bits per heavy atom. The van der Waals surface area contributed by atoms with Crippen LogP contribution in [0.3, 0.4) is 0 Å². The van der Waals surface area contributed by atoms with Gasteiger partial charge in [0.2, 0.25) is 5.82 Å². The summed E-state index contributed by atoms with van der Waals surface area (Å²) in [7, 11) is 0. The van der Waals surface area contributed by atoms with Gasteiger partial charge in [-0.05, 0) is 18.2 Å². The highest BCUT2D eigenvalue weighted by atomic mass is 35.5. The number of hydrogen-bond donors (Lipinski definition) is 1. The van der Waals surface area contributed by atoms with Gasteiger partial charge in [0.15, 0.2) is 5.65 Å². The second-order valence-corrected chi connectivity index (χ2v) is 6.39. The third-order valence-electron chi connectivity index (χ3n) is 4.00. The summed E-state index contributed by atoms with van der Waals surface area (Å²) < 4.78 is 68.4. The number of H-pyrrole nitrogens is 1. The van der Waals surface area contributed by atoms with Crippen molar-refractivity contribution in [3.63, 3.8) is 0 Å². The van der Waals surface area contributed by atoms with Gasteiger partial charge in [-0.15, -0.1) is 0 Å². The largest absolute Gasteiger partial charge is 0.450 e. The zero-order valence-corrected chi connectivity index (χ0v) is 14.2. The molecule has 0 fully saturated rings. The van der Waals surface area contributed by atoms with E-state index in [1.54, 1.807) is 0 Å². The molecule has 0 radical (unpaired) electrons.